The van der Waals surface area contributed by atoms with E-state index in [-0.39, 0.29) is 16.3 Å². The maximum Gasteiger partial charge on any atom is 0.348 e. The number of carbonyl (C=O) groups excluding carboxylic acids is 2. The van der Waals surface area contributed by atoms with E-state index in [0.29, 0.717) is 10.1 Å². The van der Waals surface area contributed by atoms with Crippen molar-refractivity contribution in [1.29, 1.82) is 0 Å². The number of fused-ring (bicyclic) bond motifs is 1. The molecule has 0 radical (unpaired) electrons. The molecule has 3 aromatic rings. The standard InChI is InChI=1S/C19H15FN2O5S/c1-10-5-14(15(22(25)26)6-11(10)2)21-18(23)9-27-19(24)17-8-12-7-13(20)3-4-16(12)28-17/h3-8H,9H2,1-2H3,(H,21,23). The van der Waals surface area contributed by atoms with Crippen molar-refractivity contribution >= 4 is 44.7 Å². The fraction of sp³-hybridized carbons (Fsp3) is 0.158. The van der Waals surface area contributed by atoms with Crippen LogP contribution in [-0.4, -0.2) is 23.4 Å². The average Bonchev–Trinajstić information content (AvgIpc) is 3.05. The van der Waals surface area contributed by atoms with Crippen LogP contribution >= 0.6 is 11.3 Å². The number of nitro groups is 1. The third-order valence-electron chi connectivity index (χ3n) is 4.10. The molecule has 0 aliphatic carbocycles. The number of hydrogen-bond donors (Lipinski definition) is 1. The first-order chi connectivity index (χ1) is 13.2. The van der Waals surface area contributed by atoms with Crippen molar-refractivity contribution in [3.05, 3.63) is 68.3 Å². The molecule has 2 aromatic carbocycles. The maximum absolute atomic E-state index is 13.2. The number of aryl methyl sites for hydroxylation is 2. The minimum absolute atomic E-state index is 0.0338. The molecule has 1 amide bonds. The largest absolute Gasteiger partial charge is 0.451 e. The number of nitro benzene ring substituents is 1. The lowest BCUT2D eigenvalue weighted by Crippen LogP contribution is -2.21. The van der Waals surface area contributed by atoms with E-state index < -0.39 is 29.2 Å². The van der Waals surface area contributed by atoms with Gasteiger partial charge in [-0.15, -0.1) is 11.3 Å². The second-order valence-corrected chi connectivity index (χ2v) is 7.21. The summed E-state index contributed by atoms with van der Waals surface area (Å²) in [5, 5.41) is 14.1. The molecule has 144 valence electrons. The van der Waals surface area contributed by atoms with Crippen molar-refractivity contribution in [1.82, 2.24) is 0 Å². The van der Waals surface area contributed by atoms with Gasteiger partial charge in [0.25, 0.3) is 11.6 Å². The Hall–Kier alpha value is -3.33. The van der Waals surface area contributed by atoms with E-state index in [1.54, 1.807) is 19.9 Å². The van der Waals surface area contributed by atoms with Gasteiger partial charge < -0.3 is 10.1 Å². The van der Waals surface area contributed by atoms with Crippen LogP contribution in [0.3, 0.4) is 0 Å². The van der Waals surface area contributed by atoms with Crippen LogP contribution in [0.5, 0.6) is 0 Å². The summed E-state index contributed by atoms with van der Waals surface area (Å²) in [7, 11) is 0. The monoisotopic (exact) mass is 402 g/mol. The van der Waals surface area contributed by atoms with Crippen LogP contribution in [0, 0.1) is 29.8 Å². The predicted molar refractivity (Wildman–Crippen MR) is 103 cm³/mol. The Labute approximate surface area is 162 Å². The van der Waals surface area contributed by atoms with Crippen LogP contribution in [0.15, 0.2) is 36.4 Å². The molecule has 9 heteroatoms. The first kappa shape index (κ1) is 19.4. The number of nitrogens with one attached hydrogen (secondary N) is 1. The molecule has 1 heterocycles. The lowest BCUT2D eigenvalue weighted by Gasteiger charge is -2.09. The molecule has 0 unspecified atom stereocenters. The summed E-state index contributed by atoms with van der Waals surface area (Å²) in [6, 6.07) is 8.49. The number of halogens is 1. The molecule has 1 N–H and O–H groups in total. The summed E-state index contributed by atoms with van der Waals surface area (Å²) in [4.78, 5) is 35.0. The number of anilines is 1. The van der Waals surface area contributed by atoms with E-state index in [4.69, 9.17) is 4.74 Å². The van der Waals surface area contributed by atoms with Gasteiger partial charge >= 0.3 is 5.97 Å². The highest BCUT2D eigenvalue weighted by Crippen LogP contribution is 2.28. The van der Waals surface area contributed by atoms with Gasteiger partial charge in [0, 0.05) is 10.8 Å². The highest BCUT2D eigenvalue weighted by molar-refractivity contribution is 7.20. The number of carbonyl (C=O) groups is 2. The van der Waals surface area contributed by atoms with Crippen LogP contribution in [-0.2, 0) is 9.53 Å². The minimum atomic E-state index is -0.730. The van der Waals surface area contributed by atoms with E-state index in [9.17, 15) is 24.1 Å². The Morgan fingerprint density at radius 1 is 1.18 bits per heavy atom. The quantitative estimate of drug-likeness (QED) is 0.388. The van der Waals surface area contributed by atoms with Crippen molar-refractivity contribution < 1.29 is 23.6 Å². The average molecular weight is 402 g/mol. The van der Waals surface area contributed by atoms with Crippen molar-refractivity contribution in [2.24, 2.45) is 0 Å². The SMILES string of the molecule is Cc1cc(NC(=O)COC(=O)c2cc3cc(F)ccc3s2)c([N+](=O)[O-])cc1C. The number of amides is 1. The Morgan fingerprint density at radius 3 is 2.61 bits per heavy atom. The highest BCUT2D eigenvalue weighted by Gasteiger charge is 2.19. The van der Waals surface area contributed by atoms with Crippen LogP contribution in [0.25, 0.3) is 10.1 Å². The third-order valence-corrected chi connectivity index (χ3v) is 5.19. The van der Waals surface area contributed by atoms with Crippen LogP contribution in [0.1, 0.15) is 20.8 Å². The molecule has 0 bridgehead atoms. The van der Waals surface area contributed by atoms with Gasteiger partial charge in [-0.3, -0.25) is 14.9 Å². The first-order valence-electron chi connectivity index (χ1n) is 8.16. The molecule has 0 saturated heterocycles. The molecule has 0 spiro atoms. The summed E-state index contributed by atoms with van der Waals surface area (Å²) < 4.78 is 18.9. The highest BCUT2D eigenvalue weighted by atomic mass is 32.1. The van der Waals surface area contributed by atoms with Crippen molar-refractivity contribution in [3.8, 4) is 0 Å². The first-order valence-corrected chi connectivity index (χ1v) is 8.98. The molecule has 0 saturated carbocycles. The van der Waals surface area contributed by atoms with Crippen LogP contribution in [0.2, 0.25) is 0 Å². The second kappa shape index (κ2) is 7.73. The smallest absolute Gasteiger partial charge is 0.348 e. The Kier molecular flexibility index (Phi) is 5.36. The lowest BCUT2D eigenvalue weighted by molar-refractivity contribution is -0.384. The van der Waals surface area contributed by atoms with Crippen molar-refractivity contribution in [2.45, 2.75) is 13.8 Å². The second-order valence-electron chi connectivity index (χ2n) is 6.13. The Bertz CT molecular complexity index is 1110. The molecule has 0 fully saturated rings. The van der Waals surface area contributed by atoms with E-state index in [2.05, 4.69) is 5.32 Å². The number of ether oxygens (including phenoxy) is 1. The fourth-order valence-electron chi connectivity index (χ4n) is 2.56. The normalized spacial score (nSPS) is 10.7. The maximum atomic E-state index is 13.2. The predicted octanol–water partition coefficient (Wildman–Crippen LogP) is 4.36. The number of hydrogen-bond acceptors (Lipinski definition) is 6. The molecule has 0 atom stereocenters. The summed E-state index contributed by atoms with van der Waals surface area (Å²) in [5.74, 6) is -1.85. The van der Waals surface area contributed by atoms with Gasteiger partial charge in [0.15, 0.2) is 6.61 Å². The van der Waals surface area contributed by atoms with Gasteiger partial charge in [0.05, 0.1) is 4.92 Å². The van der Waals surface area contributed by atoms with E-state index in [0.717, 1.165) is 22.5 Å². The van der Waals surface area contributed by atoms with Crippen LogP contribution in [0.4, 0.5) is 15.8 Å². The Morgan fingerprint density at radius 2 is 1.89 bits per heavy atom. The summed E-state index contributed by atoms with van der Waals surface area (Å²) in [6.45, 7) is 2.89. The molecule has 0 aliphatic rings. The zero-order valence-electron chi connectivity index (χ0n) is 14.9. The zero-order valence-corrected chi connectivity index (χ0v) is 15.8. The Balaban J connectivity index is 1.67. The molecule has 3 rings (SSSR count). The van der Waals surface area contributed by atoms with Gasteiger partial charge in [-0.05, 0) is 60.7 Å². The topological polar surface area (TPSA) is 98.5 Å². The van der Waals surface area contributed by atoms with Gasteiger partial charge in [0.1, 0.15) is 16.4 Å². The summed E-state index contributed by atoms with van der Waals surface area (Å²) in [6.07, 6.45) is 0. The van der Waals surface area contributed by atoms with E-state index in [1.165, 1.54) is 30.3 Å². The molecule has 1 aromatic heterocycles. The minimum Gasteiger partial charge on any atom is -0.451 e. The van der Waals surface area contributed by atoms with Crippen LogP contribution < -0.4 is 5.32 Å². The van der Waals surface area contributed by atoms with Gasteiger partial charge in [-0.2, -0.15) is 0 Å². The lowest BCUT2D eigenvalue weighted by atomic mass is 10.1. The molecular weight excluding hydrogens is 387 g/mol. The number of rotatable bonds is 5. The third kappa shape index (κ3) is 4.15. The number of nitrogens with zero attached hydrogens (tertiary/aromatic N) is 1. The van der Waals surface area contributed by atoms with E-state index in [1.807, 2.05) is 0 Å². The number of thiophene rings is 1. The molecule has 28 heavy (non-hydrogen) atoms. The number of benzene rings is 2. The van der Waals surface area contributed by atoms with Gasteiger partial charge in [0.2, 0.25) is 0 Å². The van der Waals surface area contributed by atoms with Crippen molar-refractivity contribution in [2.75, 3.05) is 11.9 Å². The summed E-state index contributed by atoms with van der Waals surface area (Å²) in [5.41, 5.74) is 1.29. The van der Waals surface area contributed by atoms with Gasteiger partial charge in [-0.1, -0.05) is 0 Å². The van der Waals surface area contributed by atoms with Gasteiger partial charge in [-0.25, -0.2) is 9.18 Å². The zero-order chi connectivity index (χ0) is 20.4. The van der Waals surface area contributed by atoms with Crippen molar-refractivity contribution in [3.63, 3.8) is 0 Å². The fourth-order valence-corrected chi connectivity index (χ4v) is 3.49. The molecule has 7 nitrogen and oxygen atoms in total. The molecular formula is C19H15FN2O5S. The molecule has 0 aliphatic heterocycles. The summed E-state index contributed by atoms with van der Waals surface area (Å²) >= 11 is 1.12. The van der Waals surface area contributed by atoms with E-state index >= 15 is 0 Å². The number of esters is 1.